The summed E-state index contributed by atoms with van der Waals surface area (Å²) >= 11 is 0. The molecule has 8 heteroatoms. The Labute approximate surface area is 144 Å². The first-order valence-corrected chi connectivity index (χ1v) is 7.40. The summed E-state index contributed by atoms with van der Waals surface area (Å²) in [5.74, 6) is -5.80. The van der Waals surface area contributed by atoms with E-state index in [9.17, 15) is 39.6 Å². The van der Waals surface area contributed by atoms with Gasteiger partial charge in [0.25, 0.3) is 0 Å². The molecule has 0 amide bonds. The lowest BCUT2D eigenvalue weighted by Crippen LogP contribution is -2.43. The number of rotatable bonds is 4. The summed E-state index contributed by atoms with van der Waals surface area (Å²) in [4.78, 5) is 45.6. The topological polar surface area (TPSA) is 149 Å². The summed E-state index contributed by atoms with van der Waals surface area (Å²) in [5, 5.41) is 38.8. The molecule has 0 aliphatic heterocycles. The molecule has 8 nitrogen and oxygen atoms in total. The summed E-state index contributed by atoms with van der Waals surface area (Å²) in [6.07, 6.45) is 2.33. The first kappa shape index (κ1) is 17.2. The van der Waals surface area contributed by atoms with Crippen molar-refractivity contribution in [2.24, 2.45) is 5.41 Å². The smallest absolute Gasteiger partial charge is 0.336 e. The van der Waals surface area contributed by atoms with Crippen molar-refractivity contribution in [3.8, 4) is 0 Å². The molecule has 2 aromatic rings. The predicted octanol–water partition coefficient (Wildman–Crippen LogP) is 0.356. The Morgan fingerprint density at radius 2 is 1.19 bits per heavy atom. The van der Waals surface area contributed by atoms with Gasteiger partial charge in [0, 0.05) is 0 Å². The minimum absolute atomic E-state index is 0.255. The highest BCUT2D eigenvalue weighted by Crippen LogP contribution is 2.28. The Kier molecular flexibility index (Phi) is 3.76. The van der Waals surface area contributed by atoms with Crippen LogP contribution >= 0.6 is 0 Å². The zero-order valence-corrected chi connectivity index (χ0v) is 13.1. The molecule has 3 rings (SSSR count). The van der Waals surface area contributed by atoms with Crippen molar-refractivity contribution in [2.45, 2.75) is 6.42 Å². The number of fused-ring (bicyclic) bond motifs is 2. The lowest BCUT2D eigenvalue weighted by Gasteiger charge is -2.22. The second-order valence-corrected chi connectivity index (χ2v) is 5.97. The van der Waals surface area contributed by atoms with Gasteiger partial charge in [-0.3, -0.25) is 9.59 Å². The zero-order valence-electron chi connectivity index (χ0n) is 13.1. The van der Waals surface area contributed by atoms with Crippen molar-refractivity contribution in [1.29, 1.82) is 0 Å². The lowest BCUT2D eigenvalue weighted by atomic mass is 9.80. The molecule has 0 spiro atoms. The Hall–Kier alpha value is -3.68. The minimum Gasteiger partial charge on any atom is -0.480 e. The molecule has 0 atom stereocenters. The Morgan fingerprint density at radius 1 is 0.731 bits per heavy atom. The van der Waals surface area contributed by atoms with E-state index in [1.165, 1.54) is 24.3 Å². The van der Waals surface area contributed by atoms with Gasteiger partial charge in [-0.05, 0) is 58.0 Å². The number of hydrogen-bond acceptors (Lipinski definition) is 4. The highest BCUT2D eigenvalue weighted by molar-refractivity contribution is 6.07. The van der Waals surface area contributed by atoms with Crippen LogP contribution in [0.4, 0.5) is 0 Å². The minimum atomic E-state index is -2.10. The standard InChI is InChI=1S/C18H12O8/c19-14(20)12-5-9-3-8-1-2-18(16(23)24,17(25)26)7-11(8)4-10(9)6-13(12)15(21)22/h1,3-7H,2H2,(H,19,20)(H,21,22)(H,23,24)(H,25,26). The fourth-order valence-corrected chi connectivity index (χ4v) is 3.03. The van der Waals surface area contributed by atoms with Gasteiger partial charge in [0.1, 0.15) is 0 Å². The quantitative estimate of drug-likeness (QED) is 0.574. The third kappa shape index (κ3) is 2.48. The third-order valence-corrected chi connectivity index (χ3v) is 4.45. The van der Waals surface area contributed by atoms with Crippen LogP contribution in [0, 0.1) is 5.41 Å². The number of carboxylic acid groups (broad SMARTS) is 4. The van der Waals surface area contributed by atoms with Crippen LogP contribution in [0.25, 0.3) is 22.9 Å². The van der Waals surface area contributed by atoms with Crippen LogP contribution in [0.2, 0.25) is 0 Å². The third-order valence-electron chi connectivity index (χ3n) is 4.45. The van der Waals surface area contributed by atoms with E-state index in [0.29, 0.717) is 21.2 Å². The summed E-state index contributed by atoms with van der Waals surface area (Å²) in [5.41, 5.74) is -2.88. The van der Waals surface area contributed by atoms with Gasteiger partial charge in [-0.2, -0.15) is 0 Å². The number of benzene rings is 2. The van der Waals surface area contributed by atoms with Crippen LogP contribution in [-0.2, 0) is 9.59 Å². The zero-order chi connectivity index (χ0) is 19.2. The molecule has 132 valence electrons. The van der Waals surface area contributed by atoms with E-state index in [-0.39, 0.29) is 12.0 Å². The maximum Gasteiger partial charge on any atom is 0.336 e. The second-order valence-electron chi connectivity index (χ2n) is 5.97. The molecule has 0 fully saturated rings. The second kappa shape index (κ2) is 5.69. The number of aliphatic carboxylic acids is 2. The van der Waals surface area contributed by atoms with Crippen molar-refractivity contribution in [2.75, 3.05) is 0 Å². The number of aromatic carboxylic acids is 2. The van der Waals surface area contributed by atoms with Crippen LogP contribution in [-0.4, -0.2) is 44.3 Å². The molecule has 0 saturated heterocycles. The van der Waals surface area contributed by atoms with Crippen LogP contribution < -0.4 is 10.4 Å². The molecule has 0 heterocycles. The van der Waals surface area contributed by atoms with Crippen molar-refractivity contribution < 1.29 is 39.6 Å². The largest absolute Gasteiger partial charge is 0.480 e. The summed E-state index contributed by atoms with van der Waals surface area (Å²) < 4.78 is 0. The SMILES string of the molecule is O=C(O)c1cc2cc3c(cc2cc1C(=O)O)=CC(C(=O)O)(C(=O)O)CC=3. The molecule has 26 heavy (non-hydrogen) atoms. The van der Waals surface area contributed by atoms with E-state index in [2.05, 4.69) is 0 Å². The van der Waals surface area contributed by atoms with Gasteiger partial charge in [0.15, 0.2) is 5.41 Å². The maximum atomic E-state index is 11.5. The molecule has 1 aliphatic rings. The van der Waals surface area contributed by atoms with E-state index in [4.69, 9.17) is 0 Å². The van der Waals surface area contributed by atoms with Gasteiger partial charge in [-0.25, -0.2) is 9.59 Å². The Bertz CT molecular complexity index is 1110. The van der Waals surface area contributed by atoms with E-state index >= 15 is 0 Å². The molecule has 0 saturated carbocycles. The van der Waals surface area contributed by atoms with E-state index in [1.54, 1.807) is 6.07 Å². The molecule has 0 unspecified atom stereocenters. The lowest BCUT2D eigenvalue weighted by molar-refractivity contribution is -0.159. The van der Waals surface area contributed by atoms with Gasteiger partial charge in [-0.15, -0.1) is 0 Å². The van der Waals surface area contributed by atoms with Crippen molar-refractivity contribution in [3.63, 3.8) is 0 Å². The van der Waals surface area contributed by atoms with Gasteiger partial charge in [0.2, 0.25) is 0 Å². The molecule has 2 aromatic carbocycles. The van der Waals surface area contributed by atoms with Gasteiger partial charge in [0.05, 0.1) is 11.1 Å². The molecular formula is C18H12O8. The molecular weight excluding hydrogens is 344 g/mol. The predicted molar refractivity (Wildman–Crippen MR) is 88.4 cm³/mol. The van der Waals surface area contributed by atoms with Crippen LogP contribution in [0.5, 0.6) is 0 Å². The fourth-order valence-electron chi connectivity index (χ4n) is 3.03. The van der Waals surface area contributed by atoms with E-state index < -0.39 is 34.9 Å². The summed E-state index contributed by atoms with van der Waals surface area (Å²) in [6, 6.07) is 5.43. The number of hydrogen-bond donors (Lipinski definition) is 4. The van der Waals surface area contributed by atoms with Gasteiger partial charge in [-0.1, -0.05) is 6.08 Å². The molecule has 0 bridgehead atoms. The molecule has 4 N–H and O–H groups in total. The van der Waals surface area contributed by atoms with Crippen molar-refractivity contribution >= 4 is 46.8 Å². The molecule has 0 aromatic heterocycles. The molecule has 1 aliphatic carbocycles. The van der Waals surface area contributed by atoms with Crippen molar-refractivity contribution in [3.05, 3.63) is 45.8 Å². The monoisotopic (exact) mass is 356 g/mol. The highest BCUT2D eigenvalue weighted by atomic mass is 16.4. The average molecular weight is 356 g/mol. The summed E-state index contributed by atoms with van der Waals surface area (Å²) in [6.45, 7) is 0. The first-order chi connectivity index (χ1) is 12.2. The van der Waals surface area contributed by atoms with E-state index in [0.717, 1.165) is 6.08 Å². The van der Waals surface area contributed by atoms with Gasteiger partial charge >= 0.3 is 23.9 Å². The fraction of sp³-hybridized carbons (Fsp3) is 0.111. The Morgan fingerprint density at radius 3 is 1.62 bits per heavy atom. The number of carboxylic acids is 4. The van der Waals surface area contributed by atoms with Crippen molar-refractivity contribution in [1.82, 2.24) is 0 Å². The normalized spacial score (nSPS) is 14.6. The highest BCUT2D eigenvalue weighted by Gasteiger charge is 2.44. The number of carbonyl (C=O) groups is 4. The summed E-state index contributed by atoms with van der Waals surface area (Å²) in [7, 11) is 0. The maximum absolute atomic E-state index is 11.5. The van der Waals surface area contributed by atoms with E-state index in [1.807, 2.05) is 0 Å². The van der Waals surface area contributed by atoms with Crippen LogP contribution in [0.1, 0.15) is 27.1 Å². The first-order valence-electron chi connectivity index (χ1n) is 7.40. The van der Waals surface area contributed by atoms with Crippen LogP contribution in [0.3, 0.4) is 0 Å². The van der Waals surface area contributed by atoms with Gasteiger partial charge < -0.3 is 20.4 Å². The average Bonchev–Trinajstić information content (AvgIpc) is 2.57. The van der Waals surface area contributed by atoms with Crippen LogP contribution in [0.15, 0.2) is 24.3 Å². The Balaban J connectivity index is 2.36. The molecule has 0 radical (unpaired) electrons.